The molecule has 1 rings (SSSR count). The van der Waals surface area contributed by atoms with E-state index in [0.29, 0.717) is 25.1 Å². The Morgan fingerprint density at radius 1 is 1.29 bits per heavy atom. The molecule has 0 bridgehead atoms. The summed E-state index contributed by atoms with van der Waals surface area (Å²) >= 11 is 0. The molecule has 1 unspecified atom stereocenters. The SMILES string of the molecule is CCCNC(=O)CCNC(C)c1ccccc1OC(F)F. The molecular formula is C15H22F2N2O2. The van der Waals surface area contributed by atoms with Crippen LogP contribution in [0.4, 0.5) is 8.78 Å². The van der Waals surface area contributed by atoms with Gasteiger partial charge in [-0.2, -0.15) is 8.78 Å². The van der Waals surface area contributed by atoms with Crippen molar-refractivity contribution < 1.29 is 18.3 Å². The molecule has 1 aromatic rings. The van der Waals surface area contributed by atoms with Gasteiger partial charge in [-0.1, -0.05) is 25.1 Å². The highest BCUT2D eigenvalue weighted by Crippen LogP contribution is 2.26. The number of ether oxygens (including phenoxy) is 1. The van der Waals surface area contributed by atoms with Crippen LogP contribution in [0, 0.1) is 0 Å². The molecule has 6 heteroatoms. The van der Waals surface area contributed by atoms with Crippen LogP contribution in [0.25, 0.3) is 0 Å². The predicted molar refractivity (Wildman–Crippen MR) is 77.4 cm³/mol. The molecule has 1 aromatic carbocycles. The molecule has 4 nitrogen and oxygen atoms in total. The maximum absolute atomic E-state index is 12.3. The van der Waals surface area contributed by atoms with Crippen molar-refractivity contribution in [1.82, 2.24) is 10.6 Å². The van der Waals surface area contributed by atoms with Gasteiger partial charge in [-0.25, -0.2) is 0 Å². The molecule has 0 aliphatic carbocycles. The van der Waals surface area contributed by atoms with Gasteiger partial charge in [0, 0.05) is 31.1 Å². The minimum Gasteiger partial charge on any atom is -0.434 e. The molecule has 0 saturated heterocycles. The second kappa shape index (κ2) is 9.28. The van der Waals surface area contributed by atoms with Crippen LogP contribution in [0.1, 0.15) is 38.3 Å². The van der Waals surface area contributed by atoms with Gasteiger partial charge in [-0.3, -0.25) is 4.79 Å². The summed E-state index contributed by atoms with van der Waals surface area (Å²) in [6.07, 6.45) is 1.25. The van der Waals surface area contributed by atoms with Crippen molar-refractivity contribution in [3.8, 4) is 5.75 Å². The number of hydrogen-bond acceptors (Lipinski definition) is 3. The number of carbonyl (C=O) groups excluding carboxylic acids is 1. The Balaban J connectivity index is 2.48. The molecule has 118 valence electrons. The Labute approximate surface area is 123 Å². The van der Waals surface area contributed by atoms with Gasteiger partial charge >= 0.3 is 6.61 Å². The van der Waals surface area contributed by atoms with Gasteiger partial charge in [0.1, 0.15) is 5.75 Å². The molecule has 0 aliphatic rings. The fraction of sp³-hybridized carbons (Fsp3) is 0.533. The summed E-state index contributed by atoms with van der Waals surface area (Å²) in [7, 11) is 0. The van der Waals surface area contributed by atoms with E-state index in [2.05, 4.69) is 15.4 Å². The molecule has 1 atom stereocenters. The average molecular weight is 300 g/mol. The van der Waals surface area contributed by atoms with Gasteiger partial charge in [0.05, 0.1) is 0 Å². The van der Waals surface area contributed by atoms with Crippen molar-refractivity contribution in [3.63, 3.8) is 0 Å². The molecule has 0 radical (unpaired) electrons. The van der Waals surface area contributed by atoms with Crippen LogP contribution in [-0.2, 0) is 4.79 Å². The Morgan fingerprint density at radius 2 is 2.00 bits per heavy atom. The number of hydrogen-bond donors (Lipinski definition) is 2. The number of carbonyl (C=O) groups is 1. The number of halogens is 2. The first-order valence-electron chi connectivity index (χ1n) is 7.08. The highest BCUT2D eigenvalue weighted by molar-refractivity contribution is 5.75. The summed E-state index contributed by atoms with van der Waals surface area (Å²) in [4.78, 5) is 11.5. The quantitative estimate of drug-likeness (QED) is 0.737. The van der Waals surface area contributed by atoms with Crippen molar-refractivity contribution in [3.05, 3.63) is 29.8 Å². The standard InChI is InChI=1S/C15H22F2N2O2/c1-3-9-19-14(20)8-10-18-11(2)12-6-4-5-7-13(12)21-15(16)17/h4-7,11,15,18H,3,8-10H2,1-2H3,(H,19,20). The molecule has 0 aliphatic heterocycles. The third-order valence-electron chi connectivity index (χ3n) is 2.98. The van der Waals surface area contributed by atoms with Gasteiger partial charge in [0.25, 0.3) is 0 Å². The summed E-state index contributed by atoms with van der Waals surface area (Å²) < 4.78 is 29.2. The van der Waals surface area contributed by atoms with Crippen molar-refractivity contribution in [2.45, 2.75) is 39.3 Å². The summed E-state index contributed by atoms with van der Waals surface area (Å²) in [6.45, 7) is 2.12. The van der Waals surface area contributed by atoms with Gasteiger partial charge in [0.2, 0.25) is 5.91 Å². The van der Waals surface area contributed by atoms with E-state index in [4.69, 9.17) is 0 Å². The summed E-state index contributed by atoms with van der Waals surface area (Å²) in [5.41, 5.74) is 0.645. The van der Waals surface area contributed by atoms with Crippen LogP contribution in [0.3, 0.4) is 0 Å². The van der Waals surface area contributed by atoms with Crippen molar-refractivity contribution in [2.24, 2.45) is 0 Å². The molecular weight excluding hydrogens is 278 g/mol. The first kappa shape index (κ1) is 17.4. The lowest BCUT2D eigenvalue weighted by atomic mass is 10.1. The van der Waals surface area contributed by atoms with Crippen LogP contribution in [-0.4, -0.2) is 25.6 Å². The van der Waals surface area contributed by atoms with Crippen LogP contribution in [0.5, 0.6) is 5.75 Å². The number of nitrogens with one attached hydrogen (secondary N) is 2. The van der Waals surface area contributed by atoms with Crippen molar-refractivity contribution in [2.75, 3.05) is 13.1 Å². The predicted octanol–water partition coefficient (Wildman–Crippen LogP) is 2.85. The van der Waals surface area contributed by atoms with E-state index in [9.17, 15) is 13.6 Å². The first-order valence-corrected chi connectivity index (χ1v) is 7.08. The molecule has 0 saturated carbocycles. The lowest BCUT2D eigenvalue weighted by molar-refractivity contribution is -0.121. The Bertz CT molecular complexity index is 441. The molecule has 21 heavy (non-hydrogen) atoms. The smallest absolute Gasteiger partial charge is 0.387 e. The zero-order valence-electron chi connectivity index (χ0n) is 12.4. The monoisotopic (exact) mass is 300 g/mol. The first-order chi connectivity index (χ1) is 10.0. The van der Waals surface area contributed by atoms with Gasteiger partial charge in [-0.05, 0) is 19.4 Å². The van der Waals surface area contributed by atoms with Crippen LogP contribution < -0.4 is 15.4 Å². The van der Waals surface area contributed by atoms with Crippen LogP contribution in [0.2, 0.25) is 0 Å². The normalized spacial score (nSPS) is 12.2. The molecule has 1 amide bonds. The molecule has 0 fully saturated rings. The number of alkyl halides is 2. The summed E-state index contributed by atoms with van der Waals surface area (Å²) in [5.74, 6) is 0.136. The number of amides is 1. The summed E-state index contributed by atoms with van der Waals surface area (Å²) in [6, 6.07) is 6.46. The Hall–Kier alpha value is -1.69. The van der Waals surface area contributed by atoms with E-state index < -0.39 is 6.61 Å². The van der Waals surface area contributed by atoms with Crippen LogP contribution in [0.15, 0.2) is 24.3 Å². The Morgan fingerprint density at radius 3 is 2.67 bits per heavy atom. The minimum absolute atomic E-state index is 0.0198. The molecule has 0 spiro atoms. The van der Waals surface area contributed by atoms with E-state index in [1.165, 1.54) is 6.07 Å². The highest BCUT2D eigenvalue weighted by Gasteiger charge is 2.14. The van der Waals surface area contributed by atoms with Gasteiger partial charge in [-0.15, -0.1) is 0 Å². The van der Waals surface area contributed by atoms with Crippen molar-refractivity contribution >= 4 is 5.91 Å². The lowest BCUT2D eigenvalue weighted by Gasteiger charge is -2.18. The number of para-hydroxylation sites is 1. The fourth-order valence-corrected chi connectivity index (χ4v) is 1.91. The van der Waals surface area contributed by atoms with Gasteiger partial charge in [0.15, 0.2) is 0 Å². The second-order valence-corrected chi connectivity index (χ2v) is 4.69. The highest BCUT2D eigenvalue weighted by atomic mass is 19.3. The molecule has 2 N–H and O–H groups in total. The van der Waals surface area contributed by atoms with Gasteiger partial charge < -0.3 is 15.4 Å². The fourth-order valence-electron chi connectivity index (χ4n) is 1.91. The third-order valence-corrected chi connectivity index (χ3v) is 2.98. The Kier molecular flexibility index (Phi) is 7.68. The number of rotatable bonds is 9. The van der Waals surface area contributed by atoms with Crippen LogP contribution >= 0.6 is 0 Å². The zero-order valence-corrected chi connectivity index (χ0v) is 12.4. The van der Waals surface area contributed by atoms with E-state index in [-0.39, 0.29) is 17.7 Å². The largest absolute Gasteiger partial charge is 0.434 e. The maximum atomic E-state index is 12.3. The van der Waals surface area contributed by atoms with Crippen molar-refractivity contribution in [1.29, 1.82) is 0 Å². The third kappa shape index (κ3) is 6.53. The second-order valence-electron chi connectivity index (χ2n) is 4.69. The number of benzene rings is 1. The topological polar surface area (TPSA) is 50.4 Å². The maximum Gasteiger partial charge on any atom is 0.387 e. The molecule has 0 aromatic heterocycles. The lowest BCUT2D eigenvalue weighted by Crippen LogP contribution is -2.29. The van der Waals surface area contributed by atoms with E-state index in [0.717, 1.165) is 6.42 Å². The summed E-state index contributed by atoms with van der Waals surface area (Å²) in [5, 5.41) is 5.91. The zero-order chi connectivity index (χ0) is 15.7. The molecule has 0 heterocycles. The van der Waals surface area contributed by atoms with E-state index >= 15 is 0 Å². The average Bonchev–Trinajstić information content (AvgIpc) is 2.45. The minimum atomic E-state index is -2.85. The van der Waals surface area contributed by atoms with E-state index in [1.54, 1.807) is 18.2 Å². The van der Waals surface area contributed by atoms with E-state index in [1.807, 2.05) is 13.8 Å².